The second-order valence-corrected chi connectivity index (χ2v) is 5.34. The number of allylic oxidation sites excluding steroid dienone is 2. The smallest absolute Gasteiger partial charge is 0.163 e. The summed E-state index contributed by atoms with van der Waals surface area (Å²) in [4.78, 5) is 0. The van der Waals surface area contributed by atoms with Gasteiger partial charge in [0.2, 0.25) is 0 Å². The molecule has 1 aliphatic rings. The van der Waals surface area contributed by atoms with Crippen molar-refractivity contribution in [2.24, 2.45) is 5.92 Å². The van der Waals surface area contributed by atoms with Gasteiger partial charge >= 0.3 is 0 Å². The lowest BCUT2D eigenvalue weighted by Gasteiger charge is -2.23. The van der Waals surface area contributed by atoms with Crippen LogP contribution in [0.15, 0.2) is 23.8 Å². The highest BCUT2D eigenvalue weighted by Crippen LogP contribution is 2.31. The van der Waals surface area contributed by atoms with Gasteiger partial charge in [-0.2, -0.15) is 0 Å². The molecular weight excluding hydrogens is 200 g/mol. The van der Waals surface area contributed by atoms with Crippen LogP contribution < -0.4 is 0 Å². The highest BCUT2D eigenvalue weighted by atomic mass is 16.7. The van der Waals surface area contributed by atoms with Crippen LogP contribution in [0.4, 0.5) is 0 Å². The minimum Gasteiger partial charge on any atom is -0.348 e. The number of ether oxygens (including phenoxy) is 2. The first-order valence-electron chi connectivity index (χ1n) is 5.92. The molecule has 1 aliphatic heterocycles. The lowest BCUT2D eigenvalue weighted by molar-refractivity contribution is -0.142. The van der Waals surface area contributed by atoms with Crippen molar-refractivity contribution in [2.75, 3.05) is 6.61 Å². The topological polar surface area (TPSA) is 18.5 Å². The Morgan fingerprint density at radius 1 is 1.44 bits per heavy atom. The third-order valence-corrected chi connectivity index (χ3v) is 2.89. The Labute approximate surface area is 99.3 Å². The van der Waals surface area contributed by atoms with Crippen LogP contribution in [0.1, 0.15) is 41.0 Å². The summed E-state index contributed by atoms with van der Waals surface area (Å²) in [5, 5.41) is 0. The van der Waals surface area contributed by atoms with E-state index in [1.807, 2.05) is 13.8 Å². The summed E-state index contributed by atoms with van der Waals surface area (Å²) < 4.78 is 11.5. The molecule has 0 saturated carbocycles. The third kappa shape index (κ3) is 3.76. The second kappa shape index (κ2) is 5.15. The molecule has 1 rings (SSSR count). The summed E-state index contributed by atoms with van der Waals surface area (Å²) >= 11 is 0. The Morgan fingerprint density at radius 3 is 2.44 bits per heavy atom. The maximum atomic E-state index is 5.89. The molecule has 2 heteroatoms. The van der Waals surface area contributed by atoms with Gasteiger partial charge in [-0.3, -0.25) is 0 Å². The second-order valence-electron chi connectivity index (χ2n) is 5.34. The highest BCUT2D eigenvalue weighted by molar-refractivity contribution is 5.06. The fraction of sp³-hybridized carbons (Fsp3) is 0.714. The van der Waals surface area contributed by atoms with Gasteiger partial charge in [0.05, 0.1) is 12.7 Å². The van der Waals surface area contributed by atoms with Crippen molar-refractivity contribution in [1.29, 1.82) is 0 Å². The lowest BCUT2D eigenvalue weighted by atomic mass is 9.91. The summed E-state index contributed by atoms with van der Waals surface area (Å²) in [5.41, 5.74) is 2.51. The minimum atomic E-state index is -0.441. The van der Waals surface area contributed by atoms with Gasteiger partial charge in [-0.25, -0.2) is 0 Å². The van der Waals surface area contributed by atoms with E-state index in [-0.39, 0.29) is 6.10 Å². The third-order valence-electron chi connectivity index (χ3n) is 2.89. The van der Waals surface area contributed by atoms with Gasteiger partial charge < -0.3 is 9.47 Å². The van der Waals surface area contributed by atoms with Gasteiger partial charge in [-0.05, 0) is 41.0 Å². The summed E-state index contributed by atoms with van der Waals surface area (Å²) in [5.74, 6) is -0.0831. The monoisotopic (exact) mass is 224 g/mol. The molecule has 0 amide bonds. The molecule has 16 heavy (non-hydrogen) atoms. The van der Waals surface area contributed by atoms with E-state index in [1.165, 1.54) is 11.1 Å². The maximum absolute atomic E-state index is 5.89. The van der Waals surface area contributed by atoms with Crippen LogP contribution in [0.2, 0.25) is 0 Å². The molecule has 0 unspecified atom stereocenters. The first kappa shape index (κ1) is 13.5. The predicted molar refractivity (Wildman–Crippen MR) is 67.3 cm³/mol. The van der Waals surface area contributed by atoms with Crippen molar-refractivity contribution in [3.05, 3.63) is 23.8 Å². The van der Waals surface area contributed by atoms with Crippen LogP contribution in [0, 0.1) is 5.92 Å². The summed E-state index contributed by atoms with van der Waals surface area (Å²) in [6.45, 7) is 15.0. The molecule has 0 spiro atoms. The highest BCUT2D eigenvalue weighted by Gasteiger charge is 2.37. The standard InChI is InChI=1S/C14H24O2/c1-10(2)7-8-12(11(3)4)13-9-15-14(5,6)16-13/h7,12-13H,3,8-9H2,1-2,4-6H3/t12-,13-/m1/s1. The zero-order valence-corrected chi connectivity index (χ0v) is 11.2. The SMILES string of the molecule is C=C(C)[C@@H](CC=C(C)C)[C@H]1COC(C)(C)O1. The van der Waals surface area contributed by atoms with Crippen LogP contribution in [-0.4, -0.2) is 18.5 Å². The summed E-state index contributed by atoms with van der Waals surface area (Å²) in [7, 11) is 0. The zero-order chi connectivity index (χ0) is 12.3. The fourth-order valence-corrected chi connectivity index (χ4v) is 1.95. The van der Waals surface area contributed by atoms with Gasteiger partial charge in [-0.1, -0.05) is 23.8 Å². The zero-order valence-electron chi connectivity index (χ0n) is 11.2. The van der Waals surface area contributed by atoms with Crippen molar-refractivity contribution in [2.45, 2.75) is 52.9 Å². The van der Waals surface area contributed by atoms with Crippen molar-refractivity contribution < 1.29 is 9.47 Å². The molecular formula is C14H24O2. The van der Waals surface area contributed by atoms with Gasteiger partial charge in [0.15, 0.2) is 5.79 Å². The molecule has 0 radical (unpaired) electrons. The lowest BCUT2D eigenvalue weighted by Crippen LogP contribution is -2.27. The molecule has 0 N–H and O–H groups in total. The van der Waals surface area contributed by atoms with Crippen LogP contribution in [0.25, 0.3) is 0 Å². The molecule has 1 fully saturated rings. The normalized spacial score (nSPS) is 25.2. The molecule has 1 heterocycles. The van der Waals surface area contributed by atoms with E-state index in [1.54, 1.807) is 0 Å². The quantitative estimate of drug-likeness (QED) is 0.678. The van der Waals surface area contributed by atoms with Crippen LogP contribution in [-0.2, 0) is 9.47 Å². The Hall–Kier alpha value is -0.600. The van der Waals surface area contributed by atoms with E-state index in [0.717, 1.165) is 6.42 Å². The van der Waals surface area contributed by atoms with Crippen molar-refractivity contribution in [3.63, 3.8) is 0 Å². The largest absolute Gasteiger partial charge is 0.348 e. The first-order valence-corrected chi connectivity index (χ1v) is 5.92. The molecule has 2 atom stereocenters. The molecule has 0 aliphatic carbocycles. The Kier molecular flexibility index (Phi) is 4.34. The van der Waals surface area contributed by atoms with Crippen LogP contribution in [0.5, 0.6) is 0 Å². The van der Waals surface area contributed by atoms with Crippen LogP contribution >= 0.6 is 0 Å². The summed E-state index contributed by atoms with van der Waals surface area (Å²) in [6.07, 6.45) is 3.37. The van der Waals surface area contributed by atoms with E-state index in [0.29, 0.717) is 12.5 Å². The van der Waals surface area contributed by atoms with E-state index in [2.05, 4.69) is 33.4 Å². The number of hydrogen-bond acceptors (Lipinski definition) is 2. The molecule has 0 aromatic rings. The number of hydrogen-bond donors (Lipinski definition) is 0. The first-order chi connectivity index (χ1) is 7.32. The predicted octanol–water partition coefficient (Wildman–Crippen LogP) is 3.69. The van der Waals surface area contributed by atoms with E-state index in [9.17, 15) is 0 Å². The maximum Gasteiger partial charge on any atom is 0.163 e. The van der Waals surface area contributed by atoms with Crippen LogP contribution in [0.3, 0.4) is 0 Å². The molecule has 92 valence electrons. The van der Waals surface area contributed by atoms with Crippen molar-refractivity contribution in [1.82, 2.24) is 0 Å². The van der Waals surface area contributed by atoms with Gasteiger partial charge in [0.1, 0.15) is 0 Å². The Morgan fingerprint density at radius 2 is 2.06 bits per heavy atom. The molecule has 0 bridgehead atoms. The Bertz CT molecular complexity index is 285. The summed E-state index contributed by atoms with van der Waals surface area (Å²) in [6, 6.07) is 0. The van der Waals surface area contributed by atoms with Gasteiger partial charge in [-0.15, -0.1) is 0 Å². The minimum absolute atomic E-state index is 0.142. The van der Waals surface area contributed by atoms with E-state index in [4.69, 9.17) is 9.47 Å². The van der Waals surface area contributed by atoms with E-state index < -0.39 is 5.79 Å². The Balaban J connectivity index is 2.65. The molecule has 0 aromatic heterocycles. The van der Waals surface area contributed by atoms with Gasteiger partial charge in [0, 0.05) is 5.92 Å². The number of rotatable bonds is 4. The molecule has 2 nitrogen and oxygen atoms in total. The van der Waals surface area contributed by atoms with Gasteiger partial charge in [0.25, 0.3) is 0 Å². The van der Waals surface area contributed by atoms with E-state index >= 15 is 0 Å². The molecule has 1 saturated heterocycles. The average Bonchev–Trinajstić information content (AvgIpc) is 2.45. The fourth-order valence-electron chi connectivity index (χ4n) is 1.95. The molecule has 0 aromatic carbocycles. The average molecular weight is 224 g/mol. The van der Waals surface area contributed by atoms with Crippen molar-refractivity contribution >= 4 is 0 Å². The van der Waals surface area contributed by atoms with Crippen molar-refractivity contribution in [3.8, 4) is 0 Å².